The van der Waals surface area contributed by atoms with Crippen molar-refractivity contribution < 1.29 is 4.39 Å². The zero-order chi connectivity index (χ0) is 12.6. The lowest BCUT2D eigenvalue weighted by molar-refractivity contribution is 0.627. The van der Waals surface area contributed by atoms with Gasteiger partial charge >= 0.3 is 0 Å². The lowest BCUT2D eigenvalue weighted by Gasteiger charge is -2.05. The van der Waals surface area contributed by atoms with Crippen LogP contribution in [0.4, 0.5) is 4.39 Å². The normalized spacial score (nSPS) is 10.6. The number of halogens is 4. The summed E-state index contributed by atoms with van der Waals surface area (Å²) in [4.78, 5) is 8.16. The predicted molar refractivity (Wildman–Crippen MR) is 74.9 cm³/mol. The highest BCUT2D eigenvalue weighted by molar-refractivity contribution is 14.1. The largest absolute Gasteiger partial charge is 0.215 e. The number of aromatic nitrogens is 2. The highest BCUT2D eigenvalue weighted by atomic mass is 127. The topological polar surface area (TPSA) is 25.8 Å². The van der Waals surface area contributed by atoms with Gasteiger partial charge in [-0.05, 0) is 53.3 Å². The Hall–Kier alpha value is -0.460. The van der Waals surface area contributed by atoms with Crippen molar-refractivity contribution in [3.63, 3.8) is 0 Å². The first kappa shape index (κ1) is 13.0. The highest BCUT2D eigenvalue weighted by Crippen LogP contribution is 2.27. The fraction of sp³-hybridized carbons (Fsp3) is 0.0909. The average Bonchev–Trinajstić information content (AvgIpc) is 2.23. The van der Waals surface area contributed by atoms with Gasteiger partial charge in [0.25, 0.3) is 0 Å². The van der Waals surface area contributed by atoms with E-state index in [1.54, 1.807) is 13.0 Å². The third-order valence-corrected chi connectivity index (χ3v) is 4.28. The van der Waals surface area contributed by atoms with E-state index in [2.05, 4.69) is 9.97 Å². The molecule has 0 amide bonds. The van der Waals surface area contributed by atoms with Crippen LogP contribution in [0.1, 0.15) is 5.56 Å². The number of nitrogens with zero attached hydrogens (tertiary/aromatic N) is 2. The summed E-state index contributed by atoms with van der Waals surface area (Å²) in [5.74, 6) is -0.0163. The van der Waals surface area contributed by atoms with Crippen LogP contribution in [-0.2, 0) is 0 Å². The first-order valence-corrected chi connectivity index (χ1v) is 6.47. The Bertz CT molecular complexity index is 546. The van der Waals surface area contributed by atoms with Crippen LogP contribution in [0.2, 0.25) is 10.3 Å². The number of aryl methyl sites for hydroxylation is 1. The molecule has 0 saturated heterocycles. The molecule has 0 fully saturated rings. The molecule has 2 aromatic rings. The minimum atomic E-state index is -0.339. The summed E-state index contributed by atoms with van der Waals surface area (Å²) in [6, 6.07) is 4.55. The molecule has 0 atom stereocenters. The van der Waals surface area contributed by atoms with Crippen molar-refractivity contribution in [3.05, 3.63) is 43.5 Å². The molecule has 1 heterocycles. The molecule has 1 aromatic carbocycles. The fourth-order valence-electron chi connectivity index (χ4n) is 1.39. The molecule has 2 nitrogen and oxygen atoms in total. The number of rotatable bonds is 1. The molecular formula is C11H6Cl2FIN2. The van der Waals surface area contributed by atoms with Gasteiger partial charge in [0.2, 0.25) is 0 Å². The van der Waals surface area contributed by atoms with Gasteiger partial charge in [-0.2, -0.15) is 0 Å². The van der Waals surface area contributed by atoms with Crippen LogP contribution in [0, 0.1) is 16.3 Å². The second-order valence-electron chi connectivity index (χ2n) is 3.46. The molecule has 0 aliphatic heterocycles. The van der Waals surface area contributed by atoms with Gasteiger partial charge in [-0.25, -0.2) is 14.4 Å². The molecule has 0 N–H and O–H groups in total. The average molecular weight is 383 g/mol. The van der Waals surface area contributed by atoms with Crippen LogP contribution in [0.25, 0.3) is 11.4 Å². The van der Waals surface area contributed by atoms with Crippen LogP contribution in [-0.4, -0.2) is 9.97 Å². The van der Waals surface area contributed by atoms with E-state index in [1.165, 1.54) is 12.1 Å². The van der Waals surface area contributed by atoms with Crippen LogP contribution >= 0.6 is 45.8 Å². The molecule has 0 saturated carbocycles. The third kappa shape index (κ3) is 2.86. The number of hydrogen-bond acceptors (Lipinski definition) is 2. The zero-order valence-corrected chi connectivity index (χ0v) is 12.3. The molecule has 88 valence electrons. The van der Waals surface area contributed by atoms with E-state index in [9.17, 15) is 4.39 Å². The van der Waals surface area contributed by atoms with Crippen molar-refractivity contribution in [2.75, 3.05) is 0 Å². The van der Waals surface area contributed by atoms with Crippen LogP contribution in [0.15, 0.2) is 18.2 Å². The van der Waals surface area contributed by atoms with Gasteiger partial charge in [-0.3, -0.25) is 0 Å². The Labute approximate surface area is 121 Å². The maximum atomic E-state index is 13.3. The number of hydrogen-bond donors (Lipinski definition) is 0. The smallest absolute Gasteiger partial charge is 0.162 e. The van der Waals surface area contributed by atoms with Crippen molar-refractivity contribution in [3.8, 4) is 11.4 Å². The summed E-state index contributed by atoms with van der Waals surface area (Å²) in [7, 11) is 0. The molecule has 6 heteroatoms. The molecule has 2 rings (SSSR count). The molecule has 0 radical (unpaired) electrons. The van der Waals surface area contributed by atoms with E-state index < -0.39 is 0 Å². The summed E-state index contributed by atoms with van der Waals surface area (Å²) < 4.78 is 13.9. The van der Waals surface area contributed by atoms with Crippen LogP contribution in [0.5, 0.6) is 0 Å². The van der Waals surface area contributed by atoms with Gasteiger partial charge in [0, 0.05) is 5.56 Å². The van der Waals surface area contributed by atoms with Gasteiger partial charge in [0.05, 0.1) is 3.57 Å². The number of benzene rings is 1. The van der Waals surface area contributed by atoms with Crippen molar-refractivity contribution in [2.45, 2.75) is 6.92 Å². The SMILES string of the molecule is Cc1cc(F)cc(-c2nc(Cl)c(I)c(Cl)n2)c1. The molecule has 1 aromatic heterocycles. The van der Waals surface area contributed by atoms with E-state index in [4.69, 9.17) is 23.2 Å². The van der Waals surface area contributed by atoms with Crippen molar-refractivity contribution in [2.24, 2.45) is 0 Å². The summed E-state index contributed by atoms with van der Waals surface area (Å²) >= 11 is 13.8. The Morgan fingerprint density at radius 2 is 1.71 bits per heavy atom. The van der Waals surface area contributed by atoms with E-state index in [-0.39, 0.29) is 16.1 Å². The minimum absolute atomic E-state index is 0.266. The van der Waals surface area contributed by atoms with Crippen molar-refractivity contribution in [1.82, 2.24) is 9.97 Å². The standard InChI is InChI=1S/C11H6Cl2FIN2/c1-5-2-6(4-7(14)3-5)11-16-9(12)8(15)10(13)17-11/h2-4H,1H3. The van der Waals surface area contributed by atoms with E-state index in [1.807, 2.05) is 22.6 Å². The summed E-state index contributed by atoms with van der Waals surface area (Å²) in [6.07, 6.45) is 0. The first-order valence-electron chi connectivity index (χ1n) is 4.63. The molecule has 0 aliphatic rings. The van der Waals surface area contributed by atoms with E-state index >= 15 is 0 Å². The monoisotopic (exact) mass is 382 g/mol. The predicted octanol–water partition coefficient (Wildman–Crippen LogP) is 4.50. The Balaban J connectivity index is 2.60. The van der Waals surface area contributed by atoms with Gasteiger partial charge in [-0.15, -0.1) is 0 Å². The van der Waals surface area contributed by atoms with Gasteiger partial charge in [0.1, 0.15) is 16.1 Å². The third-order valence-electron chi connectivity index (χ3n) is 2.07. The van der Waals surface area contributed by atoms with Crippen molar-refractivity contribution >= 4 is 45.8 Å². The Kier molecular flexibility index (Phi) is 3.85. The molecular weight excluding hydrogens is 377 g/mol. The maximum Gasteiger partial charge on any atom is 0.162 e. The quantitative estimate of drug-likeness (QED) is 0.536. The second-order valence-corrected chi connectivity index (χ2v) is 5.25. The molecule has 0 aliphatic carbocycles. The lowest BCUT2D eigenvalue weighted by atomic mass is 10.1. The van der Waals surface area contributed by atoms with Gasteiger partial charge < -0.3 is 0 Å². The molecule has 17 heavy (non-hydrogen) atoms. The van der Waals surface area contributed by atoms with Gasteiger partial charge in [-0.1, -0.05) is 23.2 Å². The fourth-order valence-corrected chi connectivity index (χ4v) is 2.02. The summed E-state index contributed by atoms with van der Waals surface area (Å²) in [5.41, 5.74) is 1.34. The highest BCUT2D eigenvalue weighted by Gasteiger charge is 2.11. The minimum Gasteiger partial charge on any atom is -0.215 e. The molecule has 0 bridgehead atoms. The van der Waals surface area contributed by atoms with Crippen molar-refractivity contribution in [1.29, 1.82) is 0 Å². The lowest BCUT2D eigenvalue weighted by Crippen LogP contribution is -1.95. The van der Waals surface area contributed by atoms with Crippen LogP contribution in [0.3, 0.4) is 0 Å². The second kappa shape index (κ2) is 5.04. The first-order chi connectivity index (χ1) is 7.97. The molecule has 0 unspecified atom stereocenters. The zero-order valence-electron chi connectivity index (χ0n) is 8.64. The molecule has 0 spiro atoms. The Morgan fingerprint density at radius 3 is 2.24 bits per heavy atom. The summed E-state index contributed by atoms with van der Waals surface area (Å²) in [6.45, 7) is 1.79. The Morgan fingerprint density at radius 1 is 1.12 bits per heavy atom. The van der Waals surface area contributed by atoms with E-state index in [0.717, 1.165) is 5.56 Å². The van der Waals surface area contributed by atoms with Gasteiger partial charge in [0.15, 0.2) is 5.82 Å². The van der Waals surface area contributed by atoms with Crippen LogP contribution < -0.4 is 0 Å². The summed E-state index contributed by atoms with van der Waals surface area (Å²) in [5, 5.41) is 0.532. The maximum absolute atomic E-state index is 13.3. The van der Waals surface area contributed by atoms with E-state index in [0.29, 0.717) is 15.0 Å².